The predicted octanol–water partition coefficient (Wildman–Crippen LogP) is 2.90. The van der Waals surface area contributed by atoms with E-state index >= 15 is 0 Å². The van der Waals surface area contributed by atoms with Crippen molar-refractivity contribution in [3.63, 3.8) is 0 Å². The highest BCUT2D eigenvalue weighted by Gasteiger charge is 2.23. The molecule has 0 radical (unpaired) electrons. The molecule has 26 heavy (non-hydrogen) atoms. The van der Waals surface area contributed by atoms with Crippen molar-refractivity contribution in [1.82, 2.24) is 0 Å². The van der Waals surface area contributed by atoms with E-state index in [4.69, 9.17) is 14.7 Å². The summed E-state index contributed by atoms with van der Waals surface area (Å²) in [7, 11) is 0. The smallest absolute Gasteiger partial charge is 0.338 e. The molecule has 1 atom stereocenters. The average molecular weight is 348 g/mol. The maximum Gasteiger partial charge on any atom is 0.338 e. The molecule has 0 fully saturated rings. The summed E-state index contributed by atoms with van der Waals surface area (Å²) < 4.78 is 10.7. The molecule has 3 rings (SSSR count). The highest BCUT2D eigenvalue weighted by Crippen LogP contribution is 2.26. The first-order valence-corrected chi connectivity index (χ1v) is 8.02. The van der Waals surface area contributed by atoms with E-state index in [2.05, 4.69) is 5.32 Å². The van der Waals surface area contributed by atoms with Gasteiger partial charge in [0.2, 0.25) is 0 Å². The van der Waals surface area contributed by atoms with Crippen molar-refractivity contribution in [2.24, 2.45) is 0 Å². The molecule has 1 heterocycles. The van der Waals surface area contributed by atoms with Crippen molar-refractivity contribution in [3.05, 3.63) is 65.2 Å². The first-order valence-electron chi connectivity index (χ1n) is 8.02. The van der Waals surface area contributed by atoms with Gasteiger partial charge in [0.1, 0.15) is 18.4 Å². The molecule has 2 aromatic carbocycles. The number of nitrogens with zero attached hydrogens (tertiary/aromatic N) is 1. The number of para-hydroxylation sites is 2. The molecule has 1 aliphatic heterocycles. The zero-order valence-electron chi connectivity index (χ0n) is 14.1. The first-order chi connectivity index (χ1) is 12.6. The van der Waals surface area contributed by atoms with Gasteiger partial charge in [-0.2, -0.15) is 5.26 Å². The fourth-order valence-corrected chi connectivity index (χ4v) is 2.45. The average Bonchev–Trinajstić information content (AvgIpc) is 2.67. The highest BCUT2D eigenvalue weighted by atomic mass is 16.6. The third kappa shape index (κ3) is 3.73. The van der Waals surface area contributed by atoms with Gasteiger partial charge in [-0.25, -0.2) is 4.79 Å². The number of hydrogen-bond donors (Lipinski definition) is 1. The van der Waals surface area contributed by atoms with E-state index in [1.807, 2.05) is 30.3 Å². The van der Waals surface area contributed by atoms with Gasteiger partial charge >= 0.3 is 5.97 Å². The number of nitriles is 1. The molecule has 0 spiro atoms. The number of rotatable bonds is 4. The van der Waals surface area contributed by atoms with E-state index in [-0.39, 0.29) is 6.61 Å². The Balaban J connectivity index is 1.65. The lowest BCUT2D eigenvalue weighted by Crippen LogP contribution is -2.31. The van der Waals surface area contributed by atoms with Crippen LogP contribution in [0.2, 0.25) is 0 Å². The number of carbonyl (C=O) groups is 2. The largest absolute Gasteiger partial charge is 0.488 e. The standard InChI is InChI=1S/C20H16N2O4/c1-13(19(23)22-17-8-4-2-7-15(17)11-21)26-20(24)16-10-14-6-3-5-9-18(14)25-12-16/h2-10,13H,12H2,1H3,(H,22,23)/t13-/m1/s1. The molecule has 6 nitrogen and oxygen atoms in total. The number of fused-ring (bicyclic) bond motifs is 1. The lowest BCUT2D eigenvalue weighted by molar-refractivity contribution is -0.149. The number of esters is 1. The molecule has 1 N–H and O–H groups in total. The Bertz CT molecular complexity index is 927. The van der Waals surface area contributed by atoms with Gasteiger partial charge in [0, 0.05) is 5.56 Å². The van der Waals surface area contributed by atoms with Gasteiger partial charge in [0.05, 0.1) is 16.8 Å². The van der Waals surface area contributed by atoms with Gasteiger partial charge in [0.15, 0.2) is 6.10 Å². The van der Waals surface area contributed by atoms with Crippen LogP contribution in [0.1, 0.15) is 18.1 Å². The summed E-state index contributed by atoms with van der Waals surface area (Å²) in [6.07, 6.45) is 0.670. The molecule has 0 aliphatic carbocycles. The van der Waals surface area contributed by atoms with Crippen LogP contribution in [0.3, 0.4) is 0 Å². The van der Waals surface area contributed by atoms with Crippen molar-refractivity contribution in [2.75, 3.05) is 11.9 Å². The summed E-state index contributed by atoms with van der Waals surface area (Å²) in [6, 6.07) is 15.9. The molecule has 0 bridgehead atoms. The van der Waals surface area contributed by atoms with E-state index in [9.17, 15) is 9.59 Å². The van der Waals surface area contributed by atoms with Crippen molar-refractivity contribution in [3.8, 4) is 11.8 Å². The van der Waals surface area contributed by atoms with Crippen LogP contribution < -0.4 is 10.1 Å². The van der Waals surface area contributed by atoms with Crippen molar-refractivity contribution >= 4 is 23.6 Å². The van der Waals surface area contributed by atoms with Crippen molar-refractivity contribution in [1.29, 1.82) is 5.26 Å². The topological polar surface area (TPSA) is 88.4 Å². The monoisotopic (exact) mass is 348 g/mol. The number of nitrogens with one attached hydrogen (secondary N) is 1. The Hall–Kier alpha value is -3.59. The predicted molar refractivity (Wildman–Crippen MR) is 95.3 cm³/mol. The minimum atomic E-state index is -1.02. The summed E-state index contributed by atoms with van der Waals surface area (Å²) in [6.45, 7) is 1.56. The van der Waals surface area contributed by atoms with Crippen LogP contribution >= 0.6 is 0 Å². The van der Waals surface area contributed by atoms with Crippen LogP contribution in [0.4, 0.5) is 5.69 Å². The Kier molecular flexibility index (Phi) is 4.99. The molecule has 0 saturated carbocycles. The Morgan fingerprint density at radius 1 is 1.19 bits per heavy atom. The second-order valence-electron chi connectivity index (χ2n) is 5.69. The molecule has 6 heteroatoms. The lowest BCUT2D eigenvalue weighted by atomic mass is 10.1. The molecular formula is C20H16N2O4. The second-order valence-corrected chi connectivity index (χ2v) is 5.69. The quantitative estimate of drug-likeness (QED) is 0.858. The van der Waals surface area contributed by atoms with Gasteiger partial charge in [-0.1, -0.05) is 30.3 Å². The van der Waals surface area contributed by atoms with Gasteiger partial charge in [-0.15, -0.1) is 0 Å². The number of anilines is 1. The Morgan fingerprint density at radius 3 is 2.73 bits per heavy atom. The number of ether oxygens (including phenoxy) is 2. The maximum absolute atomic E-state index is 12.3. The van der Waals surface area contributed by atoms with Gasteiger partial charge in [-0.05, 0) is 31.2 Å². The first kappa shape index (κ1) is 17.2. The third-order valence-corrected chi connectivity index (χ3v) is 3.85. The molecule has 0 aromatic heterocycles. The Morgan fingerprint density at radius 2 is 1.92 bits per heavy atom. The lowest BCUT2D eigenvalue weighted by Gasteiger charge is -2.19. The van der Waals surface area contributed by atoms with E-state index in [0.29, 0.717) is 22.6 Å². The molecule has 2 aromatic rings. The summed E-state index contributed by atoms with van der Waals surface area (Å²) in [5.41, 5.74) is 1.82. The van der Waals surface area contributed by atoms with Gasteiger partial charge < -0.3 is 14.8 Å². The molecule has 130 valence electrons. The van der Waals surface area contributed by atoms with Crippen LogP contribution in [-0.2, 0) is 14.3 Å². The summed E-state index contributed by atoms with van der Waals surface area (Å²) in [5.74, 6) is -0.433. The molecule has 0 saturated heterocycles. The molecule has 1 aliphatic rings. The van der Waals surface area contributed by atoms with Crippen LogP contribution in [0.5, 0.6) is 5.75 Å². The molecule has 1 amide bonds. The van der Waals surface area contributed by atoms with Crippen LogP contribution in [0.25, 0.3) is 6.08 Å². The van der Waals surface area contributed by atoms with Crippen LogP contribution in [0, 0.1) is 11.3 Å². The van der Waals surface area contributed by atoms with Crippen LogP contribution in [0.15, 0.2) is 54.1 Å². The van der Waals surface area contributed by atoms with E-state index in [1.54, 1.807) is 30.3 Å². The van der Waals surface area contributed by atoms with Crippen LogP contribution in [-0.4, -0.2) is 24.6 Å². The summed E-state index contributed by atoms with van der Waals surface area (Å²) in [4.78, 5) is 24.5. The maximum atomic E-state index is 12.3. The number of amides is 1. The van der Waals surface area contributed by atoms with Gasteiger partial charge in [0.25, 0.3) is 5.91 Å². The highest BCUT2D eigenvalue weighted by molar-refractivity contribution is 5.99. The number of carbonyl (C=O) groups excluding carboxylic acids is 2. The van der Waals surface area contributed by atoms with E-state index in [1.165, 1.54) is 6.92 Å². The van der Waals surface area contributed by atoms with E-state index in [0.717, 1.165) is 5.56 Å². The summed E-state index contributed by atoms with van der Waals surface area (Å²) in [5, 5.41) is 11.7. The fourth-order valence-electron chi connectivity index (χ4n) is 2.45. The number of benzene rings is 2. The molecular weight excluding hydrogens is 332 g/mol. The minimum absolute atomic E-state index is 0.0848. The summed E-state index contributed by atoms with van der Waals surface area (Å²) >= 11 is 0. The van der Waals surface area contributed by atoms with Gasteiger partial charge in [-0.3, -0.25) is 4.79 Å². The SMILES string of the molecule is C[C@@H](OC(=O)C1=Cc2ccccc2OC1)C(=O)Nc1ccccc1C#N. The molecule has 0 unspecified atom stereocenters. The van der Waals surface area contributed by atoms with E-state index < -0.39 is 18.0 Å². The van der Waals surface area contributed by atoms with Crippen molar-refractivity contribution < 1.29 is 19.1 Å². The fraction of sp³-hybridized carbons (Fsp3) is 0.150. The minimum Gasteiger partial charge on any atom is -0.488 e. The normalized spacial score (nSPS) is 13.3. The zero-order valence-corrected chi connectivity index (χ0v) is 14.1. The number of hydrogen-bond acceptors (Lipinski definition) is 5. The van der Waals surface area contributed by atoms with Crippen molar-refractivity contribution in [2.45, 2.75) is 13.0 Å². The third-order valence-electron chi connectivity index (χ3n) is 3.85. The Labute approximate surface area is 150 Å². The zero-order chi connectivity index (χ0) is 18.5. The second kappa shape index (κ2) is 7.53.